The minimum Gasteiger partial charge on any atom is -0.388 e. The number of hydrogen-bond acceptors (Lipinski definition) is 3. The first kappa shape index (κ1) is 10.1. The molecule has 0 aliphatic heterocycles. The van der Waals surface area contributed by atoms with E-state index in [0.29, 0.717) is 13.0 Å². The number of aliphatic hydroxyl groups is 1. The Morgan fingerprint density at radius 2 is 2.21 bits per heavy atom. The number of aryl methyl sites for hydroxylation is 1. The van der Waals surface area contributed by atoms with Crippen molar-refractivity contribution in [1.29, 1.82) is 0 Å². The van der Waals surface area contributed by atoms with Crippen molar-refractivity contribution in [3.8, 4) is 0 Å². The largest absolute Gasteiger partial charge is 0.388 e. The zero-order valence-electron chi connectivity index (χ0n) is 8.33. The van der Waals surface area contributed by atoms with Gasteiger partial charge >= 0.3 is 0 Å². The number of hydrogen-bond donors (Lipinski definition) is 2. The SMILES string of the molecule is NCC[C@H](O)c1csc2c1CCCC2. The van der Waals surface area contributed by atoms with Crippen molar-refractivity contribution in [1.82, 2.24) is 0 Å². The summed E-state index contributed by atoms with van der Waals surface area (Å²) in [6.07, 6.45) is 5.28. The van der Waals surface area contributed by atoms with Gasteiger partial charge in [0.25, 0.3) is 0 Å². The molecule has 78 valence electrons. The van der Waals surface area contributed by atoms with Gasteiger partial charge in [0, 0.05) is 4.88 Å². The van der Waals surface area contributed by atoms with Crippen LogP contribution in [0, 0.1) is 0 Å². The Morgan fingerprint density at radius 1 is 1.43 bits per heavy atom. The van der Waals surface area contributed by atoms with E-state index in [2.05, 4.69) is 5.38 Å². The standard InChI is InChI=1S/C11H17NOS/c12-6-5-10(13)9-7-14-11-4-2-1-3-8(9)11/h7,10,13H,1-6,12H2/t10-/m0/s1. The lowest BCUT2D eigenvalue weighted by molar-refractivity contribution is 0.169. The molecular weight excluding hydrogens is 194 g/mol. The summed E-state index contributed by atoms with van der Waals surface area (Å²) in [5.74, 6) is 0. The van der Waals surface area contributed by atoms with E-state index < -0.39 is 0 Å². The van der Waals surface area contributed by atoms with Crippen LogP contribution in [0.3, 0.4) is 0 Å². The first-order chi connectivity index (χ1) is 6.83. The molecule has 1 aliphatic carbocycles. The predicted molar refractivity (Wildman–Crippen MR) is 59.6 cm³/mol. The third-order valence-corrected chi connectivity index (χ3v) is 4.00. The Hall–Kier alpha value is -0.380. The summed E-state index contributed by atoms with van der Waals surface area (Å²) in [4.78, 5) is 1.49. The average molecular weight is 211 g/mol. The van der Waals surface area contributed by atoms with Crippen LogP contribution in [0.4, 0.5) is 0 Å². The van der Waals surface area contributed by atoms with Crippen LogP contribution < -0.4 is 5.73 Å². The van der Waals surface area contributed by atoms with Gasteiger partial charge in [0.05, 0.1) is 6.10 Å². The Morgan fingerprint density at radius 3 is 3.00 bits per heavy atom. The third-order valence-electron chi connectivity index (χ3n) is 2.89. The second kappa shape index (κ2) is 4.43. The fourth-order valence-corrected chi connectivity index (χ4v) is 3.30. The summed E-state index contributed by atoms with van der Waals surface area (Å²) in [6, 6.07) is 0. The van der Waals surface area contributed by atoms with E-state index in [1.165, 1.54) is 29.7 Å². The molecule has 0 spiro atoms. The number of thiophene rings is 1. The normalized spacial score (nSPS) is 17.9. The molecule has 0 radical (unpaired) electrons. The molecular formula is C11H17NOS. The lowest BCUT2D eigenvalue weighted by atomic mass is 9.93. The molecule has 0 fully saturated rings. The van der Waals surface area contributed by atoms with Crippen molar-refractivity contribution < 1.29 is 5.11 Å². The van der Waals surface area contributed by atoms with E-state index in [1.54, 1.807) is 11.3 Å². The van der Waals surface area contributed by atoms with Crippen molar-refractivity contribution in [2.24, 2.45) is 5.73 Å². The molecule has 14 heavy (non-hydrogen) atoms. The lowest BCUT2D eigenvalue weighted by Crippen LogP contribution is -2.09. The van der Waals surface area contributed by atoms with E-state index >= 15 is 0 Å². The Balaban J connectivity index is 2.21. The quantitative estimate of drug-likeness (QED) is 0.803. The van der Waals surface area contributed by atoms with Crippen LogP contribution in [0.15, 0.2) is 5.38 Å². The summed E-state index contributed by atoms with van der Waals surface area (Å²) in [5, 5.41) is 12.0. The topological polar surface area (TPSA) is 46.2 Å². The highest BCUT2D eigenvalue weighted by molar-refractivity contribution is 7.10. The second-order valence-corrected chi connectivity index (χ2v) is 4.86. The minimum atomic E-state index is -0.335. The molecule has 1 heterocycles. The Labute approximate surface area is 88.8 Å². The van der Waals surface area contributed by atoms with Crippen LogP contribution in [0.1, 0.15) is 41.4 Å². The summed E-state index contributed by atoms with van der Waals surface area (Å²) >= 11 is 1.81. The van der Waals surface area contributed by atoms with Crippen molar-refractivity contribution in [2.75, 3.05) is 6.54 Å². The molecule has 2 rings (SSSR count). The van der Waals surface area contributed by atoms with E-state index in [0.717, 1.165) is 12.0 Å². The summed E-state index contributed by atoms with van der Waals surface area (Å²) in [7, 11) is 0. The van der Waals surface area contributed by atoms with Crippen molar-refractivity contribution in [2.45, 2.75) is 38.2 Å². The van der Waals surface area contributed by atoms with Gasteiger partial charge in [-0.05, 0) is 55.2 Å². The molecule has 0 aromatic carbocycles. The molecule has 0 bridgehead atoms. The number of rotatable bonds is 3. The molecule has 1 aromatic rings. The Bertz CT molecular complexity index is 308. The van der Waals surface area contributed by atoms with Gasteiger partial charge in [-0.1, -0.05) is 0 Å². The number of nitrogens with two attached hydrogens (primary N) is 1. The maximum Gasteiger partial charge on any atom is 0.0812 e. The van der Waals surface area contributed by atoms with E-state index in [-0.39, 0.29) is 6.10 Å². The van der Waals surface area contributed by atoms with Gasteiger partial charge in [0.1, 0.15) is 0 Å². The summed E-state index contributed by atoms with van der Waals surface area (Å²) in [6.45, 7) is 0.561. The van der Waals surface area contributed by atoms with Gasteiger partial charge in [-0.25, -0.2) is 0 Å². The van der Waals surface area contributed by atoms with E-state index in [1.807, 2.05) is 0 Å². The van der Waals surface area contributed by atoms with Crippen LogP contribution in [0.5, 0.6) is 0 Å². The molecule has 1 aliphatic rings. The van der Waals surface area contributed by atoms with Crippen LogP contribution >= 0.6 is 11.3 Å². The minimum absolute atomic E-state index is 0.335. The van der Waals surface area contributed by atoms with E-state index in [9.17, 15) is 5.11 Å². The second-order valence-electron chi connectivity index (χ2n) is 3.89. The zero-order valence-corrected chi connectivity index (χ0v) is 9.15. The first-order valence-electron chi connectivity index (χ1n) is 5.30. The maximum absolute atomic E-state index is 9.89. The molecule has 1 aromatic heterocycles. The monoisotopic (exact) mass is 211 g/mol. The zero-order chi connectivity index (χ0) is 9.97. The van der Waals surface area contributed by atoms with Gasteiger partial charge in [-0.2, -0.15) is 0 Å². The fourth-order valence-electron chi connectivity index (χ4n) is 2.11. The highest BCUT2D eigenvalue weighted by Crippen LogP contribution is 2.34. The van der Waals surface area contributed by atoms with Crippen molar-refractivity contribution in [3.63, 3.8) is 0 Å². The van der Waals surface area contributed by atoms with E-state index in [4.69, 9.17) is 5.73 Å². The van der Waals surface area contributed by atoms with Crippen LogP contribution in [-0.4, -0.2) is 11.7 Å². The molecule has 0 unspecified atom stereocenters. The first-order valence-corrected chi connectivity index (χ1v) is 6.18. The van der Waals surface area contributed by atoms with Gasteiger partial charge in [-0.15, -0.1) is 11.3 Å². The van der Waals surface area contributed by atoms with Crippen molar-refractivity contribution >= 4 is 11.3 Å². The highest BCUT2D eigenvalue weighted by atomic mass is 32.1. The van der Waals surface area contributed by atoms with Crippen molar-refractivity contribution in [3.05, 3.63) is 21.4 Å². The molecule has 1 atom stereocenters. The number of aliphatic hydroxyl groups excluding tert-OH is 1. The fraction of sp³-hybridized carbons (Fsp3) is 0.636. The molecule has 0 saturated heterocycles. The summed E-state index contributed by atoms with van der Waals surface area (Å²) in [5.41, 5.74) is 8.02. The van der Waals surface area contributed by atoms with Gasteiger partial charge < -0.3 is 10.8 Å². The molecule has 3 heteroatoms. The maximum atomic E-state index is 9.89. The summed E-state index contributed by atoms with van der Waals surface area (Å²) < 4.78 is 0. The molecule has 0 amide bonds. The van der Waals surface area contributed by atoms with Gasteiger partial charge in [0.15, 0.2) is 0 Å². The van der Waals surface area contributed by atoms with Crippen LogP contribution in [0.25, 0.3) is 0 Å². The van der Waals surface area contributed by atoms with Gasteiger partial charge in [0.2, 0.25) is 0 Å². The molecule has 0 saturated carbocycles. The molecule has 3 N–H and O–H groups in total. The van der Waals surface area contributed by atoms with Crippen LogP contribution in [-0.2, 0) is 12.8 Å². The predicted octanol–water partition coefficient (Wildman–Crippen LogP) is 2.01. The Kier molecular flexibility index (Phi) is 3.21. The van der Waals surface area contributed by atoms with Crippen LogP contribution in [0.2, 0.25) is 0 Å². The lowest BCUT2D eigenvalue weighted by Gasteiger charge is -2.15. The third kappa shape index (κ3) is 1.85. The average Bonchev–Trinajstić information content (AvgIpc) is 2.61. The smallest absolute Gasteiger partial charge is 0.0812 e. The highest BCUT2D eigenvalue weighted by Gasteiger charge is 2.19. The number of fused-ring (bicyclic) bond motifs is 1. The van der Waals surface area contributed by atoms with Gasteiger partial charge in [-0.3, -0.25) is 0 Å². The molecule has 2 nitrogen and oxygen atoms in total.